The van der Waals surface area contributed by atoms with Gasteiger partial charge in [-0.05, 0) is 31.1 Å². The van der Waals surface area contributed by atoms with Crippen molar-refractivity contribution in [1.82, 2.24) is 0 Å². The first-order valence-electron chi connectivity index (χ1n) is 4.68. The Hall–Kier alpha value is -0.590. The monoisotopic (exact) mass is 164 g/mol. The smallest absolute Gasteiger partial charge is 0.130 e. The molecule has 2 atom stereocenters. The van der Waals surface area contributed by atoms with E-state index in [1.54, 1.807) is 0 Å². The Morgan fingerprint density at radius 2 is 2.25 bits per heavy atom. The molecule has 3 aliphatic rings. The molecule has 66 valence electrons. The first-order valence-corrected chi connectivity index (χ1v) is 4.68. The molecule has 0 aliphatic heterocycles. The minimum Gasteiger partial charge on any atom is -0.302 e. The Morgan fingerprint density at radius 3 is 2.58 bits per heavy atom. The van der Waals surface area contributed by atoms with Crippen LogP contribution in [0.1, 0.15) is 33.6 Å². The summed E-state index contributed by atoms with van der Waals surface area (Å²) in [5, 5.41) is 0. The molecule has 0 saturated heterocycles. The van der Waals surface area contributed by atoms with E-state index in [1.165, 1.54) is 18.3 Å². The van der Waals surface area contributed by atoms with Crippen LogP contribution in [0.2, 0.25) is 0 Å². The van der Waals surface area contributed by atoms with Crippen LogP contribution in [0.25, 0.3) is 0 Å². The summed E-state index contributed by atoms with van der Waals surface area (Å²) in [7, 11) is 0. The van der Waals surface area contributed by atoms with E-state index in [0.29, 0.717) is 0 Å². The van der Waals surface area contributed by atoms with Gasteiger partial charge in [0.15, 0.2) is 0 Å². The molecule has 12 heavy (non-hydrogen) atoms. The molecule has 0 heterocycles. The highest BCUT2D eigenvalue weighted by molar-refractivity contribution is 5.70. The molecule has 3 aliphatic carbocycles. The number of carbonyl (C=O) groups excluding carboxylic acids is 1. The molecule has 2 bridgehead atoms. The molecule has 1 nitrogen and oxygen atoms in total. The van der Waals surface area contributed by atoms with Gasteiger partial charge in [-0.25, -0.2) is 0 Å². The van der Waals surface area contributed by atoms with E-state index in [0.717, 1.165) is 12.3 Å². The zero-order valence-corrected chi connectivity index (χ0v) is 8.05. The minimum atomic E-state index is -0.101. The maximum absolute atomic E-state index is 11.1. The van der Waals surface area contributed by atoms with Gasteiger partial charge >= 0.3 is 0 Å². The van der Waals surface area contributed by atoms with Crippen molar-refractivity contribution in [1.29, 1.82) is 0 Å². The van der Waals surface area contributed by atoms with E-state index >= 15 is 0 Å². The van der Waals surface area contributed by atoms with Gasteiger partial charge in [0, 0.05) is 0 Å². The number of hydrogen-bond donors (Lipinski definition) is 0. The number of fused-ring (bicyclic) bond motifs is 1. The molecule has 0 spiro atoms. The summed E-state index contributed by atoms with van der Waals surface area (Å²) in [6.45, 7) is 6.56. The largest absolute Gasteiger partial charge is 0.302 e. The van der Waals surface area contributed by atoms with Crippen molar-refractivity contribution >= 4 is 6.29 Å². The van der Waals surface area contributed by atoms with Crippen LogP contribution >= 0.6 is 0 Å². The van der Waals surface area contributed by atoms with E-state index in [9.17, 15) is 4.79 Å². The van der Waals surface area contributed by atoms with Crippen LogP contribution in [0.5, 0.6) is 0 Å². The fourth-order valence-corrected chi connectivity index (χ4v) is 2.98. The van der Waals surface area contributed by atoms with Gasteiger partial charge in [0.1, 0.15) is 6.29 Å². The zero-order chi connectivity index (χ0) is 8.98. The lowest BCUT2D eigenvalue weighted by Gasteiger charge is -2.62. The van der Waals surface area contributed by atoms with Crippen LogP contribution in [-0.4, -0.2) is 6.29 Å². The van der Waals surface area contributed by atoms with Crippen LogP contribution in [0, 0.1) is 16.7 Å². The average molecular weight is 164 g/mol. The van der Waals surface area contributed by atoms with Gasteiger partial charge in [-0.15, -0.1) is 0 Å². The van der Waals surface area contributed by atoms with E-state index in [2.05, 4.69) is 26.8 Å². The predicted octanol–water partition coefficient (Wildman–Crippen LogP) is 2.57. The van der Waals surface area contributed by atoms with Gasteiger partial charge in [-0.2, -0.15) is 0 Å². The first-order chi connectivity index (χ1) is 5.54. The molecule has 3 rings (SSSR count). The number of aldehydes is 1. The van der Waals surface area contributed by atoms with E-state index in [1.807, 2.05) is 0 Å². The van der Waals surface area contributed by atoms with Crippen molar-refractivity contribution in [2.75, 3.05) is 0 Å². The van der Waals surface area contributed by atoms with E-state index < -0.39 is 0 Å². The first kappa shape index (κ1) is 8.03. The van der Waals surface area contributed by atoms with E-state index in [4.69, 9.17) is 0 Å². The van der Waals surface area contributed by atoms with Gasteiger partial charge < -0.3 is 4.79 Å². The van der Waals surface area contributed by atoms with Crippen molar-refractivity contribution in [2.45, 2.75) is 33.6 Å². The van der Waals surface area contributed by atoms with Gasteiger partial charge in [-0.3, -0.25) is 0 Å². The number of allylic oxidation sites excluding steroid dienone is 2. The van der Waals surface area contributed by atoms with Gasteiger partial charge in [0.05, 0.1) is 5.41 Å². The lowest BCUT2D eigenvalue weighted by atomic mass is 9.40. The van der Waals surface area contributed by atoms with Crippen LogP contribution in [0.4, 0.5) is 0 Å². The third kappa shape index (κ3) is 0.596. The maximum Gasteiger partial charge on any atom is 0.130 e. The third-order valence-corrected chi connectivity index (χ3v) is 4.35. The summed E-state index contributed by atoms with van der Waals surface area (Å²) in [5.41, 5.74) is 1.41. The Morgan fingerprint density at radius 1 is 1.58 bits per heavy atom. The topological polar surface area (TPSA) is 17.1 Å². The Bertz CT molecular complexity index is 262. The normalized spacial score (nSPS) is 42.9. The minimum absolute atomic E-state index is 0.101. The fraction of sp³-hybridized carbons (Fsp3) is 0.727. The molecule has 0 N–H and O–H groups in total. The van der Waals surface area contributed by atoms with Crippen molar-refractivity contribution in [3.8, 4) is 0 Å². The second kappa shape index (κ2) is 2.01. The lowest BCUT2D eigenvalue weighted by molar-refractivity contribution is -0.144. The van der Waals surface area contributed by atoms with Crippen molar-refractivity contribution < 1.29 is 4.79 Å². The molecular weight excluding hydrogens is 148 g/mol. The van der Waals surface area contributed by atoms with Crippen molar-refractivity contribution in [3.05, 3.63) is 11.6 Å². The molecule has 0 amide bonds. The average Bonchev–Trinajstić information content (AvgIpc) is 2.04. The summed E-state index contributed by atoms with van der Waals surface area (Å²) in [4.78, 5) is 11.1. The maximum atomic E-state index is 11.1. The molecule has 0 aromatic rings. The lowest BCUT2D eigenvalue weighted by Crippen LogP contribution is -2.58. The van der Waals surface area contributed by atoms with Crippen LogP contribution in [0.3, 0.4) is 0 Å². The summed E-state index contributed by atoms with van der Waals surface area (Å²) in [5.74, 6) is 0.742. The van der Waals surface area contributed by atoms with Crippen LogP contribution in [0.15, 0.2) is 11.6 Å². The molecular formula is C11H16O. The Kier molecular flexibility index (Phi) is 1.35. The van der Waals surface area contributed by atoms with Gasteiger partial charge in [-0.1, -0.05) is 25.5 Å². The third-order valence-electron chi connectivity index (χ3n) is 4.35. The summed E-state index contributed by atoms with van der Waals surface area (Å²) in [6, 6.07) is 0. The second-order valence-electron chi connectivity index (χ2n) is 4.83. The molecule has 1 heteroatoms. The highest BCUT2D eigenvalue weighted by atomic mass is 16.1. The molecule has 0 radical (unpaired) electrons. The summed E-state index contributed by atoms with van der Waals surface area (Å²) >= 11 is 0. The predicted molar refractivity (Wildman–Crippen MR) is 48.8 cm³/mol. The molecule has 1 fully saturated rings. The highest BCUT2D eigenvalue weighted by Crippen LogP contribution is 2.66. The molecule has 0 aromatic heterocycles. The quantitative estimate of drug-likeness (QED) is 0.430. The number of carbonyl (C=O) groups is 1. The molecule has 1 saturated carbocycles. The van der Waals surface area contributed by atoms with Crippen molar-refractivity contribution in [3.63, 3.8) is 0 Å². The Labute approximate surface area is 73.8 Å². The van der Waals surface area contributed by atoms with Gasteiger partial charge in [0.2, 0.25) is 0 Å². The Balaban J connectivity index is 2.48. The number of hydrogen-bond acceptors (Lipinski definition) is 1. The fourth-order valence-electron chi connectivity index (χ4n) is 2.98. The number of rotatable bonds is 1. The van der Waals surface area contributed by atoms with Gasteiger partial charge in [0.25, 0.3) is 0 Å². The highest BCUT2D eigenvalue weighted by Gasteiger charge is 2.61. The standard InChI is InChI=1S/C11H16O/c1-8-4-5-9-6-11(8,7-12)10(9,2)3/h4,7,9H,5-6H2,1-3H3. The molecule has 2 unspecified atom stereocenters. The second-order valence-corrected chi connectivity index (χ2v) is 4.83. The SMILES string of the molecule is CC1=CCC2CC1(C=O)C2(C)C. The van der Waals surface area contributed by atoms with Crippen LogP contribution in [-0.2, 0) is 4.79 Å². The van der Waals surface area contributed by atoms with Crippen molar-refractivity contribution in [2.24, 2.45) is 16.7 Å². The summed E-state index contributed by atoms with van der Waals surface area (Å²) < 4.78 is 0. The molecule has 0 aromatic carbocycles. The summed E-state index contributed by atoms with van der Waals surface area (Å²) in [6.07, 6.45) is 5.68. The zero-order valence-electron chi connectivity index (χ0n) is 8.05. The van der Waals surface area contributed by atoms with E-state index in [-0.39, 0.29) is 10.8 Å². The van der Waals surface area contributed by atoms with Crippen LogP contribution < -0.4 is 0 Å².